The molecule has 2 bridgehead atoms. The number of para-hydroxylation sites is 1. The van der Waals surface area contributed by atoms with Gasteiger partial charge in [0.25, 0.3) is 5.91 Å². The molecule has 7 heteroatoms. The summed E-state index contributed by atoms with van der Waals surface area (Å²) in [5.41, 5.74) is 4.97. The number of hydrazine groups is 1. The Bertz CT molecular complexity index is 715. The van der Waals surface area contributed by atoms with Gasteiger partial charge in [-0.3, -0.25) is 25.2 Å². The molecule has 7 nitrogen and oxygen atoms in total. The molecule has 1 saturated carbocycles. The van der Waals surface area contributed by atoms with Gasteiger partial charge in [0, 0.05) is 0 Å². The van der Waals surface area contributed by atoms with Gasteiger partial charge in [-0.25, -0.2) is 0 Å². The van der Waals surface area contributed by atoms with Gasteiger partial charge in [0.15, 0.2) is 0 Å². The Morgan fingerprint density at radius 1 is 1.08 bits per heavy atom. The fourth-order valence-electron chi connectivity index (χ4n) is 3.62. The second kappa shape index (κ2) is 6.35. The molecule has 3 N–H and O–H groups in total. The van der Waals surface area contributed by atoms with Gasteiger partial charge in [0.1, 0.15) is 5.75 Å². The van der Waals surface area contributed by atoms with Crippen LogP contribution in [0.5, 0.6) is 5.75 Å². The average molecular weight is 330 g/mol. The van der Waals surface area contributed by atoms with Crippen LogP contribution in [-0.4, -0.2) is 30.0 Å². The van der Waals surface area contributed by atoms with E-state index in [-0.39, 0.29) is 17.4 Å². The molecule has 0 aromatic heterocycles. The van der Waals surface area contributed by atoms with Crippen molar-refractivity contribution < 1.29 is 24.2 Å². The zero-order chi connectivity index (χ0) is 17.3. The van der Waals surface area contributed by atoms with Crippen LogP contribution in [0.3, 0.4) is 0 Å². The highest BCUT2D eigenvalue weighted by Crippen LogP contribution is 2.48. The Kier molecular flexibility index (Phi) is 4.24. The molecule has 1 fully saturated rings. The molecule has 0 spiro atoms. The minimum Gasteiger partial charge on any atom is -0.496 e. The van der Waals surface area contributed by atoms with Crippen molar-refractivity contribution >= 4 is 17.8 Å². The third-order valence-corrected chi connectivity index (χ3v) is 4.70. The second-order valence-corrected chi connectivity index (χ2v) is 5.98. The van der Waals surface area contributed by atoms with Gasteiger partial charge >= 0.3 is 5.97 Å². The summed E-state index contributed by atoms with van der Waals surface area (Å²) in [7, 11) is 1.45. The van der Waals surface area contributed by atoms with Crippen LogP contribution in [0.15, 0.2) is 36.4 Å². The summed E-state index contributed by atoms with van der Waals surface area (Å²) in [6.07, 6.45) is 4.41. The van der Waals surface area contributed by atoms with Gasteiger partial charge < -0.3 is 9.84 Å². The van der Waals surface area contributed by atoms with E-state index in [4.69, 9.17) is 4.74 Å². The fourth-order valence-corrected chi connectivity index (χ4v) is 3.62. The summed E-state index contributed by atoms with van der Waals surface area (Å²) in [5, 5.41) is 9.36. The van der Waals surface area contributed by atoms with Crippen LogP contribution >= 0.6 is 0 Å². The molecule has 1 aromatic rings. The number of carbonyl (C=O) groups is 3. The van der Waals surface area contributed by atoms with E-state index in [1.807, 2.05) is 12.2 Å². The van der Waals surface area contributed by atoms with E-state index in [2.05, 4.69) is 10.9 Å². The van der Waals surface area contributed by atoms with Gasteiger partial charge in [-0.15, -0.1) is 0 Å². The van der Waals surface area contributed by atoms with E-state index in [1.54, 1.807) is 24.3 Å². The van der Waals surface area contributed by atoms with Crippen molar-refractivity contribution in [1.29, 1.82) is 0 Å². The van der Waals surface area contributed by atoms with Crippen LogP contribution in [0.2, 0.25) is 0 Å². The maximum Gasteiger partial charge on any atom is 0.307 e. The third-order valence-electron chi connectivity index (χ3n) is 4.70. The number of carboxylic acid groups (broad SMARTS) is 1. The molecule has 1 aromatic carbocycles. The number of benzene rings is 1. The monoisotopic (exact) mass is 330 g/mol. The number of hydrogen-bond donors (Lipinski definition) is 3. The number of nitrogens with one attached hydrogen (secondary N) is 2. The SMILES string of the molecule is COc1ccccc1C(=O)NNC(=O)C1C2C=CC(C2)C1C(=O)O. The summed E-state index contributed by atoms with van der Waals surface area (Å²) in [4.78, 5) is 36.0. The smallest absolute Gasteiger partial charge is 0.307 e. The number of fused-ring (bicyclic) bond motifs is 2. The molecule has 4 atom stereocenters. The molecule has 0 aliphatic heterocycles. The zero-order valence-corrected chi connectivity index (χ0v) is 13.1. The largest absolute Gasteiger partial charge is 0.496 e. The Morgan fingerprint density at radius 3 is 2.42 bits per heavy atom. The van der Waals surface area contributed by atoms with E-state index < -0.39 is 29.6 Å². The first-order chi connectivity index (χ1) is 11.5. The molecule has 3 rings (SSSR count). The molecule has 24 heavy (non-hydrogen) atoms. The van der Waals surface area contributed by atoms with Crippen LogP contribution in [-0.2, 0) is 9.59 Å². The molecule has 2 aliphatic rings. The summed E-state index contributed by atoms with van der Waals surface area (Å²) >= 11 is 0. The van der Waals surface area contributed by atoms with Crippen LogP contribution in [0.25, 0.3) is 0 Å². The van der Waals surface area contributed by atoms with Crippen LogP contribution in [0.1, 0.15) is 16.8 Å². The number of amides is 2. The van der Waals surface area contributed by atoms with Gasteiger partial charge in [0.05, 0.1) is 24.5 Å². The highest BCUT2D eigenvalue weighted by atomic mass is 16.5. The predicted octanol–water partition coefficient (Wildman–Crippen LogP) is 0.979. The number of carbonyl (C=O) groups excluding carboxylic acids is 2. The van der Waals surface area contributed by atoms with Crippen molar-refractivity contribution in [2.45, 2.75) is 6.42 Å². The number of ether oxygens (including phenoxy) is 1. The Hall–Kier alpha value is -2.83. The third kappa shape index (κ3) is 2.73. The number of allylic oxidation sites excluding steroid dienone is 2. The lowest BCUT2D eigenvalue weighted by Crippen LogP contribution is -2.48. The molecule has 0 heterocycles. The van der Waals surface area contributed by atoms with Crippen LogP contribution in [0.4, 0.5) is 0 Å². The van der Waals surface area contributed by atoms with Gasteiger partial charge in [-0.05, 0) is 30.4 Å². The summed E-state index contributed by atoms with van der Waals surface area (Å²) < 4.78 is 5.10. The summed E-state index contributed by atoms with van der Waals surface area (Å²) in [5.74, 6) is -3.24. The van der Waals surface area contributed by atoms with Crippen molar-refractivity contribution in [2.75, 3.05) is 7.11 Å². The minimum absolute atomic E-state index is 0.0979. The van der Waals surface area contributed by atoms with E-state index in [9.17, 15) is 19.5 Å². The summed E-state index contributed by atoms with van der Waals surface area (Å²) in [6, 6.07) is 6.62. The number of hydrogen-bond acceptors (Lipinski definition) is 4. The molecule has 2 amide bonds. The zero-order valence-electron chi connectivity index (χ0n) is 13.1. The topological polar surface area (TPSA) is 105 Å². The highest BCUT2D eigenvalue weighted by Gasteiger charge is 2.51. The standard InChI is InChI=1S/C17H18N2O5/c1-24-12-5-3-2-4-11(12)15(20)18-19-16(21)13-9-6-7-10(8-9)14(13)17(22)23/h2-7,9-10,13-14H,8H2,1H3,(H,18,20)(H,19,21)(H,22,23). The van der Waals surface area contributed by atoms with Crippen molar-refractivity contribution in [3.63, 3.8) is 0 Å². The molecule has 2 aliphatic carbocycles. The van der Waals surface area contributed by atoms with E-state index >= 15 is 0 Å². The first kappa shape index (κ1) is 16.0. The maximum absolute atomic E-state index is 12.4. The van der Waals surface area contributed by atoms with Crippen molar-refractivity contribution in [2.24, 2.45) is 23.7 Å². The van der Waals surface area contributed by atoms with Crippen molar-refractivity contribution in [3.05, 3.63) is 42.0 Å². The first-order valence-corrected chi connectivity index (χ1v) is 7.67. The summed E-state index contributed by atoms with van der Waals surface area (Å²) in [6.45, 7) is 0. The number of rotatable bonds is 4. The van der Waals surface area contributed by atoms with Gasteiger partial charge in [-0.1, -0.05) is 24.3 Å². The first-order valence-electron chi connectivity index (χ1n) is 7.67. The van der Waals surface area contributed by atoms with Crippen LogP contribution < -0.4 is 15.6 Å². The van der Waals surface area contributed by atoms with Crippen molar-refractivity contribution in [1.82, 2.24) is 10.9 Å². The Morgan fingerprint density at radius 2 is 1.75 bits per heavy atom. The van der Waals surface area contributed by atoms with E-state index in [1.165, 1.54) is 7.11 Å². The number of methoxy groups -OCH3 is 1. The molecule has 0 radical (unpaired) electrons. The molecule has 126 valence electrons. The molecule has 0 saturated heterocycles. The van der Waals surface area contributed by atoms with E-state index in [0.717, 1.165) is 0 Å². The quantitative estimate of drug-likeness (QED) is 0.564. The molecule has 4 unspecified atom stereocenters. The second-order valence-electron chi connectivity index (χ2n) is 5.98. The van der Waals surface area contributed by atoms with Crippen molar-refractivity contribution in [3.8, 4) is 5.75 Å². The lowest BCUT2D eigenvalue weighted by Gasteiger charge is -2.23. The normalized spacial score (nSPS) is 26.9. The molecular weight excluding hydrogens is 312 g/mol. The molecular formula is C17H18N2O5. The Balaban J connectivity index is 1.66. The number of carboxylic acids is 1. The minimum atomic E-state index is -0.983. The van der Waals surface area contributed by atoms with Gasteiger partial charge in [-0.2, -0.15) is 0 Å². The average Bonchev–Trinajstić information content (AvgIpc) is 3.20. The lowest BCUT2D eigenvalue weighted by atomic mass is 9.82. The number of aliphatic carboxylic acids is 1. The van der Waals surface area contributed by atoms with E-state index in [0.29, 0.717) is 12.2 Å². The fraction of sp³-hybridized carbons (Fsp3) is 0.353. The lowest BCUT2D eigenvalue weighted by molar-refractivity contribution is -0.148. The highest BCUT2D eigenvalue weighted by molar-refractivity contribution is 5.98. The Labute approximate surface area is 138 Å². The van der Waals surface area contributed by atoms with Gasteiger partial charge in [0.2, 0.25) is 5.91 Å². The maximum atomic E-state index is 12.4. The predicted molar refractivity (Wildman–Crippen MR) is 84.0 cm³/mol. The van der Waals surface area contributed by atoms with Crippen LogP contribution in [0, 0.1) is 23.7 Å².